The first-order valence-electron chi connectivity index (χ1n) is 3.29. The summed E-state index contributed by atoms with van der Waals surface area (Å²) in [6.07, 6.45) is 10.1. The smallest absolute Gasteiger partial charge is 0.307 e. The van der Waals surface area contributed by atoms with Crippen LogP contribution in [0.1, 0.15) is 19.8 Å². The molecule has 0 aliphatic rings. The van der Waals surface area contributed by atoms with Crippen LogP contribution in [-0.4, -0.2) is 12.1 Å². The highest BCUT2D eigenvalue weighted by atomic mass is 16.5. The fraction of sp³-hybridized carbons (Fsp3) is 0.444. The van der Waals surface area contributed by atoms with E-state index in [0.717, 1.165) is 0 Å². The Bertz CT molecular complexity index is 205. The lowest BCUT2D eigenvalue weighted by Crippen LogP contribution is -2.12. The lowest BCUT2D eigenvalue weighted by Gasteiger charge is -2.04. The van der Waals surface area contributed by atoms with Gasteiger partial charge in [0.1, 0.15) is 0 Å². The SMILES string of the molecule is C#CCCC(=O)OC(C)C#C. The molecule has 0 N–H and O–H groups in total. The molecule has 0 rings (SSSR count). The number of hydrogen-bond acceptors (Lipinski definition) is 2. The van der Waals surface area contributed by atoms with E-state index < -0.39 is 6.10 Å². The van der Waals surface area contributed by atoms with E-state index in [9.17, 15) is 4.79 Å². The predicted molar refractivity (Wildman–Crippen MR) is 42.5 cm³/mol. The molecular weight excluding hydrogens is 140 g/mol. The van der Waals surface area contributed by atoms with Gasteiger partial charge in [0, 0.05) is 6.42 Å². The fourth-order valence-electron chi connectivity index (χ4n) is 0.464. The summed E-state index contributed by atoms with van der Waals surface area (Å²) in [4.78, 5) is 10.8. The van der Waals surface area contributed by atoms with Gasteiger partial charge < -0.3 is 4.74 Å². The summed E-state index contributed by atoms with van der Waals surface area (Å²) in [5, 5.41) is 0. The van der Waals surface area contributed by atoms with E-state index in [-0.39, 0.29) is 12.4 Å². The molecule has 0 spiro atoms. The molecule has 2 heteroatoms. The normalized spacial score (nSPS) is 10.8. The van der Waals surface area contributed by atoms with Crippen LogP contribution in [0.3, 0.4) is 0 Å². The van der Waals surface area contributed by atoms with E-state index in [1.54, 1.807) is 6.92 Å². The predicted octanol–water partition coefficient (Wildman–Crippen LogP) is 0.965. The van der Waals surface area contributed by atoms with Crippen LogP contribution in [0.25, 0.3) is 0 Å². The van der Waals surface area contributed by atoms with Crippen molar-refractivity contribution in [1.29, 1.82) is 0 Å². The quantitative estimate of drug-likeness (QED) is 0.442. The summed E-state index contributed by atoms with van der Waals surface area (Å²) in [6.45, 7) is 1.63. The summed E-state index contributed by atoms with van der Waals surface area (Å²) in [5.41, 5.74) is 0. The summed E-state index contributed by atoms with van der Waals surface area (Å²) >= 11 is 0. The number of terminal acetylenes is 2. The molecule has 2 nitrogen and oxygen atoms in total. The third-order valence-electron chi connectivity index (χ3n) is 1.02. The van der Waals surface area contributed by atoms with Gasteiger partial charge >= 0.3 is 5.97 Å². The van der Waals surface area contributed by atoms with Gasteiger partial charge in [0.2, 0.25) is 0 Å². The number of carbonyl (C=O) groups is 1. The molecule has 0 radical (unpaired) electrons. The van der Waals surface area contributed by atoms with Crippen LogP contribution in [0.5, 0.6) is 0 Å². The minimum absolute atomic E-state index is 0.239. The molecule has 0 aliphatic carbocycles. The zero-order chi connectivity index (χ0) is 8.69. The molecule has 58 valence electrons. The average Bonchev–Trinajstić information content (AvgIpc) is 2.00. The van der Waals surface area contributed by atoms with Crippen molar-refractivity contribution in [2.45, 2.75) is 25.9 Å². The van der Waals surface area contributed by atoms with Crippen molar-refractivity contribution in [1.82, 2.24) is 0 Å². The van der Waals surface area contributed by atoms with Crippen molar-refractivity contribution in [2.75, 3.05) is 0 Å². The highest BCUT2D eigenvalue weighted by Crippen LogP contribution is 1.95. The molecule has 0 fully saturated rings. The highest BCUT2D eigenvalue weighted by Gasteiger charge is 2.04. The molecule has 11 heavy (non-hydrogen) atoms. The Morgan fingerprint density at radius 2 is 2.27 bits per heavy atom. The molecule has 1 atom stereocenters. The largest absolute Gasteiger partial charge is 0.449 e. The number of rotatable bonds is 3. The van der Waals surface area contributed by atoms with Gasteiger partial charge in [-0.25, -0.2) is 0 Å². The van der Waals surface area contributed by atoms with Crippen molar-refractivity contribution in [3.8, 4) is 24.7 Å². The highest BCUT2D eigenvalue weighted by molar-refractivity contribution is 5.70. The topological polar surface area (TPSA) is 26.3 Å². The third-order valence-corrected chi connectivity index (χ3v) is 1.02. The maximum Gasteiger partial charge on any atom is 0.307 e. The first-order valence-corrected chi connectivity index (χ1v) is 3.29. The standard InChI is InChI=1S/C9H10O2/c1-4-6-7-9(10)11-8(3)5-2/h1-2,8H,6-7H2,3H3. The molecule has 0 saturated carbocycles. The van der Waals surface area contributed by atoms with Gasteiger partial charge in [-0.15, -0.1) is 18.8 Å². The third kappa shape index (κ3) is 5.06. The van der Waals surface area contributed by atoms with Crippen LogP contribution in [-0.2, 0) is 9.53 Å². The van der Waals surface area contributed by atoms with E-state index in [1.165, 1.54) is 0 Å². The fourth-order valence-corrected chi connectivity index (χ4v) is 0.464. The molecule has 0 aromatic carbocycles. The number of ether oxygens (including phenoxy) is 1. The molecule has 0 saturated heterocycles. The van der Waals surface area contributed by atoms with Crippen LogP contribution >= 0.6 is 0 Å². The second kappa shape index (κ2) is 5.38. The minimum atomic E-state index is -0.458. The monoisotopic (exact) mass is 150 g/mol. The molecule has 0 aromatic heterocycles. The molecule has 0 aliphatic heterocycles. The Morgan fingerprint density at radius 3 is 2.73 bits per heavy atom. The average molecular weight is 150 g/mol. The Kier molecular flexibility index (Phi) is 4.69. The van der Waals surface area contributed by atoms with Crippen LogP contribution in [0.15, 0.2) is 0 Å². The summed E-state index contributed by atoms with van der Waals surface area (Å²) < 4.78 is 4.73. The van der Waals surface area contributed by atoms with Gasteiger partial charge in [-0.05, 0) is 6.92 Å². The van der Waals surface area contributed by atoms with E-state index in [0.29, 0.717) is 6.42 Å². The van der Waals surface area contributed by atoms with E-state index >= 15 is 0 Å². The Labute approximate surface area is 66.9 Å². The van der Waals surface area contributed by atoms with Crippen molar-refractivity contribution >= 4 is 5.97 Å². The summed E-state index contributed by atoms with van der Waals surface area (Å²) in [6, 6.07) is 0. The summed E-state index contributed by atoms with van der Waals surface area (Å²) in [5.74, 6) is 4.28. The van der Waals surface area contributed by atoms with Crippen LogP contribution < -0.4 is 0 Å². The number of hydrogen-bond donors (Lipinski definition) is 0. The molecular formula is C9H10O2. The molecule has 0 heterocycles. The second-order valence-electron chi connectivity index (χ2n) is 2.00. The van der Waals surface area contributed by atoms with Crippen LogP contribution in [0.2, 0.25) is 0 Å². The van der Waals surface area contributed by atoms with Crippen molar-refractivity contribution in [3.05, 3.63) is 0 Å². The van der Waals surface area contributed by atoms with E-state index in [2.05, 4.69) is 11.8 Å². The van der Waals surface area contributed by atoms with Gasteiger partial charge in [-0.1, -0.05) is 5.92 Å². The first kappa shape index (κ1) is 9.59. The van der Waals surface area contributed by atoms with Crippen molar-refractivity contribution in [2.24, 2.45) is 0 Å². The van der Waals surface area contributed by atoms with Crippen LogP contribution in [0, 0.1) is 24.7 Å². The lowest BCUT2D eigenvalue weighted by atomic mass is 10.3. The summed E-state index contributed by atoms with van der Waals surface area (Å²) in [7, 11) is 0. The second-order valence-corrected chi connectivity index (χ2v) is 2.00. The van der Waals surface area contributed by atoms with Gasteiger partial charge in [-0.2, -0.15) is 0 Å². The van der Waals surface area contributed by atoms with Crippen LogP contribution in [0.4, 0.5) is 0 Å². The first-order chi connectivity index (χ1) is 5.20. The zero-order valence-corrected chi connectivity index (χ0v) is 6.46. The zero-order valence-electron chi connectivity index (χ0n) is 6.46. The van der Waals surface area contributed by atoms with Gasteiger partial charge in [0.25, 0.3) is 0 Å². The van der Waals surface area contributed by atoms with Gasteiger partial charge in [0.15, 0.2) is 6.10 Å². The Balaban J connectivity index is 3.56. The number of carbonyl (C=O) groups excluding carboxylic acids is 1. The van der Waals surface area contributed by atoms with E-state index in [1.807, 2.05) is 0 Å². The maximum atomic E-state index is 10.8. The van der Waals surface area contributed by atoms with Crippen molar-refractivity contribution < 1.29 is 9.53 Å². The Hall–Kier alpha value is -1.41. The van der Waals surface area contributed by atoms with Crippen molar-refractivity contribution in [3.63, 3.8) is 0 Å². The molecule has 0 amide bonds. The minimum Gasteiger partial charge on any atom is -0.449 e. The van der Waals surface area contributed by atoms with Gasteiger partial charge in [0.05, 0.1) is 6.42 Å². The maximum absolute atomic E-state index is 10.8. The Morgan fingerprint density at radius 1 is 1.64 bits per heavy atom. The van der Waals surface area contributed by atoms with E-state index in [4.69, 9.17) is 17.6 Å². The molecule has 0 bridgehead atoms. The lowest BCUT2D eigenvalue weighted by molar-refractivity contribution is -0.145. The molecule has 0 aromatic rings. The number of esters is 1. The van der Waals surface area contributed by atoms with Gasteiger partial charge in [-0.3, -0.25) is 4.79 Å². The molecule has 1 unspecified atom stereocenters.